The zero-order valence-corrected chi connectivity index (χ0v) is 11.9. The van der Waals surface area contributed by atoms with Crippen LogP contribution in [0.25, 0.3) is 22.2 Å². The molecule has 20 heavy (non-hydrogen) atoms. The monoisotopic (exact) mass is 307 g/mol. The number of aromatic amines is 1. The molecule has 0 spiro atoms. The zero-order chi connectivity index (χ0) is 14.3. The van der Waals surface area contributed by atoms with Crippen LogP contribution in [0.2, 0.25) is 5.02 Å². The highest BCUT2D eigenvalue weighted by molar-refractivity contribution is 7.61. The van der Waals surface area contributed by atoms with Crippen molar-refractivity contribution >= 4 is 35.4 Å². The molecule has 3 rings (SSSR count). The summed E-state index contributed by atoms with van der Waals surface area (Å²) in [5, 5.41) is 0.872. The average Bonchev–Trinajstić information content (AvgIpc) is 2.78. The molecule has 0 saturated carbocycles. The number of hydrogen-bond donors (Lipinski definition) is 3. The molecule has 0 radical (unpaired) electrons. The summed E-state index contributed by atoms with van der Waals surface area (Å²) in [4.78, 5) is 22.4. The fourth-order valence-corrected chi connectivity index (χ4v) is 3.41. The van der Waals surface area contributed by atoms with Crippen molar-refractivity contribution in [2.45, 2.75) is 0 Å². The lowest BCUT2D eigenvalue weighted by Crippen LogP contribution is -2.05. The number of benzene rings is 2. The molecular weight excluding hydrogens is 297 g/mol. The molecule has 0 aliphatic rings. The minimum Gasteiger partial charge on any atom is -0.354 e. The van der Waals surface area contributed by atoms with Crippen LogP contribution >= 0.6 is 19.2 Å². The second-order valence-corrected chi connectivity index (χ2v) is 6.42. The molecule has 1 heterocycles. The minimum atomic E-state index is -4.43. The van der Waals surface area contributed by atoms with E-state index in [1.165, 1.54) is 0 Å². The van der Waals surface area contributed by atoms with Gasteiger partial charge in [-0.15, -0.1) is 0 Å². The third-order valence-corrected chi connectivity index (χ3v) is 4.37. The SMILES string of the molecule is O=P(O)(O)c1c(-c2ccccc2)[nH]c2ccc(Cl)cc12. The Morgan fingerprint density at radius 1 is 1.05 bits per heavy atom. The van der Waals surface area contributed by atoms with Gasteiger partial charge in [-0.2, -0.15) is 0 Å². The third-order valence-electron chi connectivity index (χ3n) is 3.09. The van der Waals surface area contributed by atoms with E-state index in [-0.39, 0.29) is 5.30 Å². The highest BCUT2D eigenvalue weighted by Gasteiger charge is 2.27. The van der Waals surface area contributed by atoms with Crippen LogP contribution in [0.4, 0.5) is 0 Å². The Morgan fingerprint density at radius 2 is 1.75 bits per heavy atom. The number of H-pyrrole nitrogens is 1. The molecule has 3 aromatic rings. The number of fused-ring (bicyclic) bond motifs is 1. The Morgan fingerprint density at radius 3 is 2.40 bits per heavy atom. The van der Waals surface area contributed by atoms with Crippen molar-refractivity contribution in [2.75, 3.05) is 0 Å². The van der Waals surface area contributed by atoms with Crippen molar-refractivity contribution in [1.29, 1.82) is 0 Å². The van der Waals surface area contributed by atoms with Crippen LogP contribution in [0, 0.1) is 0 Å². The van der Waals surface area contributed by atoms with E-state index < -0.39 is 7.60 Å². The Hall–Kier alpha value is -1.58. The first-order chi connectivity index (χ1) is 9.47. The smallest absolute Gasteiger partial charge is 0.354 e. The van der Waals surface area contributed by atoms with Crippen molar-refractivity contribution in [3.63, 3.8) is 0 Å². The zero-order valence-electron chi connectivity index (χ0n) is 10.2. The Labute approximate surface area is 120 Å². The van der Waals surface area contributed by atoms with Gasteiger partial charge < -0.3 is 14.8 Å². The number of aromatic nitrogens is 1. The van der Waals surface area contributed by atoms with Gasteiger partial charge >= 0.3 is 7.60 Å². The van der Waals surface area contributed by atoms with E-state index in [9.17, 15) is 14.4 Å². The summed E-state index contributed by atoms with van der Waals surface area (Å²) in [6.07, 6.45) is 0. The lowest BCUT2D eigenvalue weighted by molar-refractivity contribution is 0.388. The van der Waals surface area contributed by atoms with Crippen molar-refractivity contribution in [3.8, 4) is 11.3 Å². The molecule has 0 bridgehead atoms. The molecular formula is C14H11ClNO3P. The van der Waals surface area contributed by atoms with Crippen molar-refractivity contribution in [1.82, 2.24) is 4.98 Å². The molecule has 2 aromatic carbocycles. The highest BCUT2D eigenvalue weighted by Crippen LogP contribution is 2.41. The lowest BCUT2D eigenvalue weighted by Gasteiger charge is -2.06. The van der Waals surface area contributed by atoms with Crippen LogP contribution in [-0.4, -0.2) is 14.8 Å². The average molecular weight is 308 g/mol. The van der Waals surface area contributed by atoms with Crippen LogP contribution in [0.5, 0.6) is 0 Å². The maximum atomic E-state index is 11.8. The summed E-state index contributed by atoms with van der Waals surface area (Å²) >= 11 is 5.93. The first-order valence-corrected chi connectivity index (χ1v) is 7.88. The molecule has 0 atom stereocenters. The van der Waals surface area contributed by atoms with Crippen molar-refractivity contribution < 1.29 is 14.4 Å². The van der Waals surface area contributed by atoms with Crippen LogP contribution in [-0.2, 0) is 4.57 Å². The summed E-state index contributed by atoms with van der Waals surface area (Å²) in [6.45, 7) is 0. The summed E-state index contributed by atoms with van der Waals surface area (Å²) in [6, 6.07) is 14.0. The van der Waals surface area contributed by atoms with Gasteiger partial charge in [-0.05, 0) is 23.8 Å². The van der Waals surface area contributed by atoms with E-state index >= 15 is 0 Å². The summed E-state index contributed by atoms with van der Waals surface area (Å²) in [5.74, 6) is 0. The maximum Gasteiger partial charge on any atom is 0.359 e. The summed E-state index contributed by atoms with van der Waals surface area (Å²) in [5.41, 5.74) is 1.79. The maximum absolute atomic E-state index is 11.8. The molecule has 0 fully saturated rings. The highest BCUT2D eigenvalue weighted by atomic mass is 35.5. The van der Waals surface area contributed by atoms with E-state index in [1.54, 1.807) is 30.3 Å². The molecule has 0 aliphatic carbocycles. The first kappa shape index (κ1) is 13.4. The van der Waals surface area contributed by atoms with Crippen molar-refractivity contribution in [3.05, 3.63) is 53.6 Å². The van der Waals surface area contributed by atoms with Gasteiger partial charge in [0.25, 0.3) is 0 Å². The molecule has 4 nitrogen and oxygen atoms in total. The molecule has 102 valence electrons. The second kappa shape index (κ2) is 4.76. The first-order valence-electron chi connectivity index (χ1n) is 5.89. The van der Waals surface area contributed by atoms with Crippen LogP contribution in [0.1, 0.15) is 0 Å². The second-order valence-electron chi connectivity index (χ2n) is 4.45. The molecule has 0 aliphatic heterocycles. The van der Waals surface area contributed by atoms with E-state index in [0.717, 1.165) is 5.56 Å². The molecule has 1 aromatic heterocycles. The van der Waals surface area contributed by atoms with Gasteiger partial charge in [0.2, 0.25) is 0 Å². The Balaban J connectivity index is 2.41. The lowest BCUT2D eigenvalue weighted by atomic mass is 10.1. The predicted molar refractivity (Wildman–Crippen MR) is 80.4 cm³/mol. The minimum absolute atomic E-state index is 0.0128. The van der Waals surface area contributed by atoms with Crippen LogP contribution in [0.3, 0.4) is 0 Å². The van der Waals surface area contributed by atoms with Gasteiger partial charge in [0.1, 0.15) is 0 Å². The van der Waals surface area contributed by atoms with E-state index in [4.69, 9.17) is 11.6 Å². The Bertz CT molecular complexity index is 823. The molecule has 0 amide bonds. The normalized spacial score (nSPS) is 11.9. The van der Waals surface area contributed by atoms with Gasteiger partial charge in [-0.1, -0.05) is 41.9 Å². The molecule has 0 saturated heterocycles. The van der Waals surface area contributed by atoms with Gasteiger partial charge in [-0.25, -0.2) is 0 Å². The molecule has 3 N–H and O–H groups in total. The van der Waals surface area contributed by atoms with Crippen LogP contribution < -0.4 is 5.30 Å². The topological polar surface area (TPSA) is 73.3 Å². The number of rotatable bonds is 2. The van der Waals surface area contributed by atoms with E-state index in [1.807, 2.05) is 18.2 Å². The quantitative estimate of drug-likeness (QED) is 0.636. The fourth-order valence-electron chi connectivity index (χ4n) is 2.27. The van der Waals surface area contributed by atoms with Gasteiger partial charge in [0, 0.05) is 15.9 Å². The van der Waals surface area contributed by atoms with Gasteiger partial charge in [0.15, 0.2) is 0 Å². The standard InChI is InChI=1S/C14H11ClNO3P/c15-10-6-7-12-11(8-10)14(20(17,18)19)13(16-12)9-4-2-1-3-5-9/h1-8,16H,(H2,17,18,19). The van der Waals surface area contributed by atoms with Crippen LogP contribution in [0.15, 0.2) is 48.5 Å². The third kappa shape index (κ3) is 2.28. The van der Waals surface area contributed by atoms with Gasteiger partial charge in [-0.3, -0.25) is 4.57 Å². The number of halogens is 1. The molecule has 0 unspecified atom stereocenters. The van der Waals surface area contributed by atoms with E-state index in [2.05, 4.69) is 4.98 Å². The summed E-state index contributed by atoms with van der Waals surface area (Å²) in [7, 11) is -4.43. The van der Waals surface area contributed by atoms with Gasteiger partial charge in [0.05, 0.1) is 11.0 Å². The molecule has 6 heteroatoms. The van der Waals surface area contributed by atoms with E-state index in [0.29, 0.717) is 21.6 Å². The number of nitrogens with one attached hydrogen (secondary N) is 1. The predicted octanol–water partition coefficient (Wildman–Crippen LogP) is 3.29. The largest absolute Gasteiger partial charge is 0.359 e. The Kier molecular flexibility index (Phi) is 3.19. The fraction of sp³-hybridized carbons (Fsp3) is 0. The number of hydrogen-bond acceptors (Lipinski definition) is 1. The summed E-state index contributed by atoms with van der Waals surface area (Å²) < 4.78 is 11.8. The van der Waals surface area contributed by atoms with Crippen molar-refractivity contribution in [2.24, 2.45) is 0 Å².